The zero-order chi connectivity index (χ0) is 13.6. The van der Waals surface area contributed by atoms with Crippen molar-refractivity contribution in [1.82, 2.24) is 0 Å². The number of terminal acetylenes is 1. The molecule has 18 heavy (non-hydrogen) atoms. The first-order valence-corrected chi connectivity index (χ1v) is 8.75. The van der Waals surface area contributed by atoms with Gasteiger partial charge in [0, 0.05) is 18.8 Å². The predicted molar refractivity (Wildman–Crippen MR) is 75.2 cm³/mol. The van der Waals surface area contributed by atoms with Crippen LogP contribution in [0, 0.1) is 12.3 Å². The summed E-state index contributed by atoms with van der Waals surface area (Å²) in [6.45, 7) is 9.01. The molecule has 0 aromatic rings. The Morgan fingerprint density at radius 2 is 1.67 bits per heavy atom. The van der Waals surface area contributed by atoms with Crippen molar-refractivity contribution < 1.29 is 13.3 Å². The minimum atomic E-state index is -2.66. The Kier molecular flexibility index (Phi) is 5.86. The summed E-state index contributed by atoms with van der Waals surface area (Å²) in [6, 6.07) is 0. The zero-order valence-corrected chi connectivity index (χ0v) is 13.1. The van der Waals surface area contributed by atoms with Crippen LogP contribution in [0.15, 0.2) is 0 Å². The van der Waals surface area contributed by atoms with Gasteiger partial charge in [0.15, 0.2) is 0 Å². The lowest BCUT2D eigenvalue weighted by molar-refractivity contribution is 0.00969. The van der Waals surface area contributed by atoms with Crippen LogP contribution in [0.5, 0.6) is 0 Å². The van der Waals surface area contributed by atoms with E-state index < -0.39 is 14.4 Å². The molecule has 1 saturated carbocycles. The first kappa shape index (κ1) is 15.7. The maximum absolute atomic E-state index is 6.20. The largest absolute Gasteiger partial charge is 0.505 e. The molecule has 1 aliphatic carbocycles. The van der Waals surface area contributed by atoms with Crippen LogP contribution in [0.1, 0.15) is 53.4 Å². The van der Waals surface area contributed by atoms with E-state index in [9.17, 15) is 0 Å². The highest BCUT2D eigenvalue weighted by Gasteiger charge is 2.52. The van der Waals surface area contributed by atoms with Crippen molar-refractivity contribution >= 4 is 8.80 Å². The van der Waals surface area contributed by atoms with E-state index in [-0.39, 0.29) is 0 Å². The minimum Gasteiger partial charge on any atom is -0.374 e. The molecule has 0 saturated heterocycles. The molecule has 0 spiro atoms. The molecule has 0 radical (unpaired) electrons. The normalized spacial score (nSPS) is 17.9. The maximum Gasteiger partial charge on any atom is 0.505 e. The van der Waals surface area contributed by atoms with Crippen LogP contribution >= 0.6 is 0 Å². The first-order valence-electron chi connectivity index (χ1n) is 6.95. The molecular formula is C14H26O3Si. The monoisotopic (exact) mass is 270 g/mol. The second-order valence-corrected chi connectivity index (χ2v) is 8.01. The van der Waals surface area contributed by atoms with E-state index in [2.05, 4.69) is 5.92 Å². The average molecular weight is 270 g/mol. The third kappa shape index (κ3) is 3.82. The summed E-state index contributed by atoms with van der Waals surface area (Å²) in [5.41, 5.74) is -0.218. The molecule has 0 aliphatic heterocycles. The highest BCUT2D eigenvalue weighted by Crippen LogP contribution is 2.41. The number of hydrogen-bond acceptors (Lipinski definition) is 3. The van der Waals surface area contributed by atoms with E-state index >= 15 is 0 Å². The highest BCUT2D eigenvalue weighted by atomic mass is 28.4. The highest BCUT2D eigenvalue weighted by molar-refractivity contribution is 6.62. The van der Waals surface area contributed by atoms with E-state index in [4.69, 9.17) is 19.7 Å². The molecule has 0 N–H and O–H groups in total. The van der Waals surface area contributed by atoms with E-state index in [1.807, 2.05) is 27.7 Å². The summed E-state index contributed by atoms with van der Waals surface area (Å²) in [6.07, 6.45) is 10.3. The van der Waals surface area contributed by atoms with Gasteiger partial charge in [0.1, 0.15) is 5.60 Å². The van der Waals surface area contributed by atoms with Gasteiger partial charge in [-0.2, -0.15) is 0 Å². The second-order valence-electron chi connectivity index (χ2n) is 5.21. The van der Waals surface area contributed by atoms with Gasteiger partial charge in [-0.1, -0.05) is 18.8 Å². The summed E-state index contributed by atoms with van der Waals surface area (Å²) in [4.78, 5) is 0. The number of hydrogen-bond donors (Lipinski definition) is 0. The van der Waals surface area contributed by atoms with Crippen LogP contribution in [0.25, 0.3) is 0 Å². The lowest BCUT2D eigenvalue weighted by Gasteiger charge is -2.38. The first-order chi connectivity index (χ1) is 8.49. The fraction of sp³-hybridized carbons (Fsp3) is 0.857. The second kappa shape index (κ2) is 6.72. The summed E-state index contributed by atoms with van der Waals surface area (Å²) >= 11 is 0. The van der Waals surface area contributed by atoms with E-state index in [0.717, 1.165) is 12.8 Å². The van der Waals surface area contributed by atoms with Gasteiger partial charge < -0.3 is 13.3 Å². The molecule has 0 aromatic carbocycles. The van der Waals surface area contributed by atoms with Gasteiger partial charge in [0.25, 0.3) is 0 Å². The van der Waals surface area contributed by atoms with Crippen LogP contribution in [-0.2, 0) is 13.3 Å². The summed E-state index contributed by atoms with van der Waals surface area (Å²) in [5.74, 6) is 2.69. The maximum atomic E-state index is 6.20. The Labute approximate surface area is 113 Å². The Balaban J connectivity index is 2.92. The van der Waals surface area contributed by atoms with Crippen LogP contribution < -0.4 is 0 Å². The van der Waals surface area contributed by atoms with E-state index in [1.165, 1.54) is 12.8 Å². The molecule has 0 bridgehead atoms. The Bertz CT molecular complexity index is 284. The quantitative estimate of drug-likeness (QED) is 0.524. The lowest BCUT2D eigenvalue weighted by Crippen LogP contribution is -2.54. The van der Waals surface area contributed by atoms with Crippen molar-refractivity contribution in [2.45, 2.75) is 64.5 Å². The molecule has 0 unspecified atom stereocenters. The van der Waals surface area contributed by atoms with Crippen LogP contribution in [0.2, 0.25) is 5.54 Å². The molecule has 1 aliphatic rings. The lowest BCUT2D eigenvalue weighted by atomic mass is 10.2. The standard InChI is InChI=1S/C14H26O3Si/c1-6-14(4,5)17-18(15-7-2,16-8-3)13-11-9-10-12-13/h1,13H,7-12H2,2-5H3. The summed E-state index contributed by atoms with van der Waals surface area (Å²) in [5, 5.41) is 0. The SMILES string of the molecule is C#CC(C)(C)O[Si](OCC)(OCC)C1CCCC1. The molecule has 0 atom stereocenters. The third-order valence-electron chi connectivity index (χ3n) is 3.29. The van der Waals surface area contributed by atoms with Crippen LogP contribution in [0.3, 0.4) is 0 Å². The summed E-state index contributed by atoms with van der Waals surface area (Å²) < 4.78 is 18.2. The average Bonchev–Trinajstić information content (AvgIpc) is 2.83. The molecule has 0 heterocycles. The fourth-order valence-corrected chi connectivity index (χ4v) is 6.02. The topological polar surface area (TPSA) is 27.7 Å². The van der Waals surface area contributed by atoms with Gasteiger partial charge in [-0.25, -0.2) is 0 Å². The van der Waals surface area contributed by atoms with Crippen molar-refractivity contribution in [2.24, 2.45) is 0 Å². The van der Waals surface area contributed by atoms with Crippen molar-refractivity contribution in [2.75, 3.05) is 13.2 Å². The fourth-order valence-electron chi connectivity index (χ4n) is 2.49. The van der Waals surface area contributed by atoms with Gasteiger partial charge >= 0.3 is 8.80 Å². The molecule has 104 valence electrons. The van der Waals surface area contributed by atoms with Gasteiger partial charge in [0.05, 0.1) is 0 Å². The molecule has 1 rings (SSSR count). The van der Waals surface area contributed by atoms with Crippen molar-refractivity contribution in [3.05, 3.63) is 0 Å². The molecule has 0 amide bonds. The Hall–Kier alpha value is -0.343. The van der Waals surface area contributed by atoms with Gasteiger partial charge in [-0.05, 0) is 40.5 Å². The zero-order valence-electron chi connectivity index (χ0n) is 12.1. The van der Waals surface area contributed by atoms with Crippen LogP contribution in [-0.4, -0.2) is 27.6 Å². The van der Waals surface area contributed by atoms with Crippen LogP contribution in [0.4, 0.5) is 0 Å². The van der Waals surface area contributed by atoms with E-state index in [0.29, 0.717) is 18.8 Å². The molecule has 4 heteroatoms. The number of rotatable bonds is 7. The third-order valence-corrected chi connectivity index (χ3v) is 7.05. The Morgan fingerprint density at radius 3 is 2.06 bits per heavy atom. The predicted octanol–water partition coefficient (Wildman–Crippen LogP) is 3.37. The van der Waals surface area contributed by atoms with Gasteiger partial charge in [-0.3, -0.25) is 0 Å². The molecular weight excluding hydrogens is 244 g/mol. The smallest absolute Gasteiger partial charge is 0.374 e. The van der Waals surface area contributed by atoms with Crippen molar-refractivity contribution in [1.29, 1.82) is 0 Å². The summed E-state index contributed by atoms with van der Waals surface area (Å²) in [7, 11) is -2.66. The van der Waals surface area contributed by atoms with Gasteiger partial charge in [0.2, 0.25) is 0 Å². The van der Waals surface area contributed by atoms with Crippen molar-refractivity contribution in [3.63, 3.8) is 0 Å². The molecule has 0 aromatic heterocycles. The Morgan fingerprint density at radius 1 is 1.17 bits per heavy atom. The van der Waals surface area contributed by atoms with Crippen molar-refractivity contribution in [3.8, 4) is 12.3 Å². The minimum absolute atomic E-state index is 0.407. The molecule has 1 fully saturated rings. The van der Waals surface area contributed by atoms with E-state index in [1.54, 1.807) is 0 Å². The van der Waals surface area contributed by atoms with Gasteiger partial charge in [-0.15, -0.1) is 6.42 Å². The molecule has 3 nitrogen and oxygen atoms in total.